The zero-order valence-corrected chi connectivity index (χ0v) is 13.0. The van der Waals surface area contributed by atoms with Crippen LogP contribution in [0.4, 0.5) is 0 Å². The Morgan fingerprint density at radius 2 is 1.96 bits per heavy atom. The Morgan fingerprint density at radius 1 is 1.17 bits per heavy atom. The number of cyclic esters (lactones) is 1. The van der Waals surface area contributed by atoms with Crippen LogP contribution in [0.25, 0.3) is 10.8 Å². The van der Waals surface area contributed by atoms with Gasteiger partial charge in [0.25, 0.3) is 5.91 Å². The van der Waals surface area contributed by atoms with Gasteiger partial charge in [-0.25, -0.2) is 4.79 Å². The molecule has 3 rings (SSSR count). The van der Waals surface area contributed by atoms with Crippen molar-refractivity contribution < 1.29 is 23.9 Å². The van der Waals surface area contributed by atoms with Gasteiger partial charge < -0.3 is 14.8 Å². The van der Waals surface area contributed by atoms with Crippen LogP contribution in [0.5, 0.6) is 0 Å². The topological polar surface area (TPSA) is 81.7 Å². The molecule has 0 saturated carbocycles. The van der Waals surface area contributed by atoms with Crippen LogP contribution in [0.1, 0.15) is 23.2 Å². The number of carbonyl (C=O) groups excluding carboxylic acids is 3. The second-order valence-electron chi connectivity index (χ2n) is 5.50. The number of hydrogen-bond donors (Lipinski definition) is 1. The van der Waals surface area contributed by atoms with Gasteiger partial charge >= 0.3 is 11.9 Å². The molecule has 0 aliphatic carbocycles. The summed E-state index contributed by atoms with van der Waals surface area (Å²) in [7, 11) is 0. The van der Waals surface area contributed by atoms with Crippen LogP contribution in [0.15, 0.2) is 42.5 Å². The molecule has 1 heterocycles. The van der Waals surface area contributed by atoms with Crippen molar-refractivity contribution in [2.24, 2.45) is 0 Å². The third-order valence-corrected chi connectivity index (χ3v) is 3.79. The molecule has 1 aliphatic rings. The summed E-state index contributed by atoms with van der Waals surface area (Å²) in [5.41, 5.74) is 0.529. The summed E-state index contributed by atoms with van der Waals surface area (Å²) in [6.07, 6.45) is -0.425. The molecule has 6 heteroatoms. The fourth-order valence-corrected chi connectivity index (χ4v) is 2.51. The maximum absolute atomic E-state index is 12.1. The van der Waals surface area contributed by atoms with Crippen LogP contribution in [0.3, 0.4) is 0 Å². The van der Waals surface area contributed by atoms with Crippen LogP contribution < -0.4 is 5.32 Å². The van der Waals surface area contributed by atoms with E-state index in [-0.39, 0.29) is 25.5 Å². The van der Waals surface area contributed by atoms with Crippen LogP contribution in [0, 0.1) is 0 Å². The van der Waals surface area contributed by atoms with Gasteiger partial charge in [-0.1, -0.05) is 30.3 Å². The van der Waals surface area contributed by atoms with Gasteiger partial charge in [-0.3, -0.25) is 9.59 Å². The first-order valence-electron chi connectivity index (χ1n) is 7.76. The molecule has 0 radical (unpaired) electrons. The highest BCUT2D eigenvalue weighted by Gasteiger charge is 2.29. The predicted molar refractivity (Wildman–Crippen MR) is 86.4 cm³/mol. The SMILES string of the molecule is O=C(CCNC(=O)c1ccc2ccccc2c1)O[C@H]1CCOC1=O. The summed E-state index contributed by atoms with van der Waals surface area (Å²) in [6, 6.07) is 13.2. The second kappa shape index (κ2) is 7.12. The zero-order valence-electron chi connectivity index (χ0n) is 13.0. The van der Waals surface area contributed by atoms with Gasteiger partial charge in [0.2, 0.25) is 6.10 Å². The fraction of sp³-hybridized carbons (Fsp3) is 0.278. The molecule has 1 N–H and O–H groups in total. The molecule has 1 atom stereocenters. The van der Waals surface area contributed by atoms with Gasteiger partial charge in [0.05, 0.1) is 13.0 Å². The molecule has 24 heavy (non-hydrogen) atoms. The van der Waals surface area contributed by atoms with Crippen LogP contribution in [-0.4, -0.2) is 37.1 Å². The molecule has 2 aromatic carbocycles. The number of fused-ring (bicyclic) bond motifs is 1. The standard InChI is InChI=1S/C18H17NO5/c20-16(24-15-8-10-23-18(15)22)7-9-19-17(21)14-6-5-12-3-1-2-4-13(12)11-14/h1-6,11,15H,7-10H2,(H,19,21)/t15-/m0/s1. The Hall–Kier alpha value is -2.89. The molecule has 0 spiro atoms. The average Bonchev–Trinajstić information content (AvgIpc) is 2.99. The van der Waals surface area contributed by atoms with E-state index in [9.17, 15) is 14.4 Å². The Bertz CT molecular complexity index is 786. The van der Waals surface area contributed by atoms with Gasteiger partial charge in [-0.15, -0.1) is 0 Å². The third kappa shape index (κ3) is 3.71. The number of nitrogens with one attached hydrogen (secondary N) is 1. The lowest BCUT2D eigenvalue weighted by atomic mass is 10.1. The van der Waals surface area contributed by atoms with Crippen LogP contribution >= 0.6 is 0 Å². The summed E-state index contributed by atoms with van der Waals surface area (Å²) in [5, 5.41) is 4.71. The van der Waals surface area contributed by atoms with E-state index in [4.69, 9.17) is 9.47 Å². The van der Waals surface area contributed by atoms with Gasteiger partial charge in [-0.05, 0) is 22.9 Å². The lowest BCUT2D eigenvalue weighted by Gasteiger charge is -2.09. The lowest BCUT2D eigenvalue weighted by molar-refractivity contribution is -0.160. The minimum absolute atomic E-state index is 0.00308. The van der Waals surface area contributed by atoms with Crippen molar-refractivity contribution in [3.05, 3.63) is 48.0 Å². The van der Waals surface area contributed by atoms with E-state index in [2.05, 4.69) is 5.32 Å². The summed E-state index contributed by atoms with van der Waals surface area (Å²) in [6.45, 7) is 0.418. The van der Waals surface area contributed by atoms with E-state index >= 15 is 0 Å². The van der Waals surface area contributed by atoms with E-state index in [1.165, 1.54) is 0 Å². The van der Waals surface area contributed by atoms with Crippen LogP contribution in [0.2, 0.25) is 0 Å². The number of amides is 1. The summed E-state index contributed by atoms with van der Waals surface area (Å²) < 4.78 is 9.72. The zero-order chi connectivity index (χ0) is 16.9. The summed E-state index contributed by atoms with van der Waals surface area (Å²) in [5.74, 6) is -1.30. The summed E-state index contributed by atoms with van der Waals surface area (Å²) >= 11 is 0. The van der Waals surface area contributed by atoms with E-state index in [0.29, 0.717) is 12.0 Å². The average molecular weight is 327 g/mol. The van der Waals surface area contributed by atoms with Crippen molar-refractivity contribution in [3.8, 4) is 0 Å². The van der Waals surface area contributed by atoms with Crippen molar-refractivity contribution in [1.29, 1.82) is 0 Å². The monoisotopic (exact) mass is 327 g/mol. The normalized spacial score (nSPS) is 16.7. The maximum Gasteiger partial charge on any atom is 0.347 e. The first kappa shape index (κ1) is 16.0. The first-order valence-corrected chi connectivity index (χ1v) is 7.76. The number of carbonyl (C=O) groups is 3. The highest BCUT2D eigenvalue weighted by molar-refractivity contribution is 5.98. The van der Waals surface area contributed by atoms with E-state index in [1.54, 1.807) is 12.1 Å². The molecule has 6 nitrogen and oxygen atoms in total. The number of ether oxygens (including phenoxy) is 2. The molecule has 0 bridgehead atoms. The molecular formula is C18H17NO5. The molecule has 1 amide bonds. The highest BCUT2D eigenvalue weighted by Crippen LogP contribution is 2.15. The molecule has 0 aromatic heterocycles. The van der Waals surface area contributed by atoms with Gasteiger partial charge in [0.15, 0.2) is 0 Å². The largest absolute Gasteiger partial charge is 0.463 e. The minimum Gasteiger partial charge on any atom is -0.463 e. The fourth-order valence-electron chi connectivity index (χ4n) is 2.51. The molecular weight excluding hydrogens is 310 g/mol. The Labute approximate surface area is 138 Å². The molecule has 2 aromatic rings. The van der Waals surface area contributed by atoms with Crippen molar-refractivity contribution in [2.75, 3.05) is 13.2 Å². The summed E-state index contributed by atoms with van der Waals surface area (Å²) in [4.78, 5) is 35.0. The quantitative estimate of drug-likeness (QED) is 0.847. The first-order chi connectivity index (χ1) is 11.6. The van der Waals surface area contributed by atoms with E-state index in [0.717, 1.165) is 10.8 Å². The van der Waals surface area contributed by atoms with E-state index < -0.39 is 18.0 Å². The van der Waals surface area contributed by atoms with Crippen molar-refractivity contribution in [2.45, 2.75) is 18.9 Å². The van der Waals surface area contributed by atoms with Crippen molar-refractivity contribution >= 4 is 28.6 Å². The Morgan fingerprint density at radius 3 is 2.71 bits per heavy atom. The molecule has 124 valence electrons. The van der Waals surface area contributed by atoms with Gasteiger partial charge in [0.1, 0.15) is 0 Å². The highest BCUT2D eigenvalue weighted by atomic mass is 16.6. The molecule has 1 saturated heterocycles. The lowest BCUT2D eigenvalue weighted by Crippen LogP contribution is -2.28. The van der Waals surface area contributed by atoms with Crippen molar-refractivity contribution in [3.63, 3.8) is 0 Å². The molecule has 1 fully saturated rings. The minimum atomic E-state index is -0.811. The molecule has 0 unspecified atom stereocenters. The maximum atomic E-state index is 12.1. The second-order valence-corrected chi connectivity index (χ2v) is 5.50. The Kier molecular flexibility index (Phi) is 4.74. The smallest absolute Gasteiger partial charge is 0.347 e. The Balaban J connectivity index is 1.49. The molecule has 1 aliphatic heterocycles. The number of benzene rings is 2. The van der Waals surface area contributed by atoms with Gasteiger partial charge in [-0.2, -0.15) is 0 Å². The van der Waals surface area contributed by atoms with Crippen LogP contribution in [-0.2, 0) is 19.1 Å². The predicted octanol–water partition coefficient (Wildman–Crippen LogP) is 1.82. The van der Waals surface area contributed by atoms with Crippen molar-refractivity contribution in [1.82, 2.24) is 5.32 Å². The number of hydrogen-bond acceptors (Lipinski definition) is 5. The number of rotatable bonds is 5. The van der Waals surface area contributed by atoms with E-state index in [1.807, 2.05) is 30.3 Å². The number of esters is 2. The van der Waals surface area contributed by atoms with Gasteiger partial charge in [0, 0.05) is 18.5 Å². The third-order valence-electron chi connectivity index (χ3n) is 3.79.